The van der Waals surface area contributed by atoms with Gasteiger partial charge in [0.05, 0.1) is 12.1 Å². The van der Waals surface area contributed by atoms with E-state index in [0.29, 0.717) is 37.4 Å². The number of anilines is 2. The molecule has 1 unspecified atom stereocenters. The Morgan fingerprint density at radius 2 is 2.03 bits per heavy atom. The van der Waals surface area contributed by atoms with E-state index in [9.17, 15) is 19.2 Å². The van der Waals surface area contributed by atoms with Gasteiger partial charge in [0.25, 0.3) is 11.9 Å². The summed E-state index contributed by atoms with van der Waals surface area (Å²) in [6, 6.07) is 6.03. The van der Waals surface area contributed by atoms with Crippen molar-refractivity contribution >= 4 is 11.5 Å². The summed E-state index contributed by atoms with van der Waals surface area (Å²) in [4.78, 5) is 32.0. The van der Waals surface area contributed by atoms with Crippen LogP contribution < -0.4 is 31.1 Å². The van der Waals surface area contributed by atoms with Crippen molar-refractivity contribution in [2.45, 2.75) is 37.8 Å². The minimum Gasteiger partial charge on any atom is -0.452 e. The summed E-state index contributed by atoms with van der Waals surface area (Å²) in [5.41, 5.74) is 0.103. The van der Waals surface area contributed by atoms with Crippen molar-refractivity contribution in [3.05, 3.63) is 81.1 Å². The lowest BCUT2D eigenvalue weighted by molar-refractivity contribution is -0.00654. The van der Waals surface area contributed by atoms with Crippen molar-refractivity contribution in [3.8, 4) is 11.5 Å². The molecular formula is C24H25FN4O5. The molecular weight excluding hydrogens is 443 g/mol. The average Bonchev–Trinajstić information content (AvgIpc) is 3.46. The van der Waals surface area contributed by atoms with Gasteiger partial charge in [-0.2, -0.15) is 0 Å². The van der Waals surface area contributed by atoms with Gasteiger partial charge in [0, 0.05) is 24.2 Å². The molecule has 178 valence electrons. The van der Waals surface area contributed by atoms with E-state index in [1.165, 1.54) is 16.7 Å². The van der Waals surface area contributed by atoms with Gasteiger partial charge in [-0.15, -0.1) is 0 Å². The van der Waals surface area contributed by atoms with Crippen molar-refractivity contribution in [3.63, 3.8) is 0 Å². The Hall–Kier alpha value is -3.79. The number of ether oxygens (including phenoxy) is 1. The van der Waals surface area contributed by atoms with E-state index in [-0.39, 0.29) is 18.0 Å². The van der Waals surface area contributed by atoms with Gasteiger partial charge < -0.3 is 20.1 Å². The highest BCUT2D eigenvalue weighted by atomic mass is 19.3. The van der Waals surface area contributed by atoms with Crippen molar-refractivity contribution < 1.29 is 19.3 Å². The van der Waals surface area contributed by atoms with Crippen LogP contribution in [0.25, 0.3) is 0 Å². The van der Waals surface area contributed by atoms with E-state index < -0.39 is 23.2 Å². The van der Waals surface area contributed by atoms with Crippen LogP contribution >= 0.6 is 0 Å². The molecule has 0 radical (unpaired) electrons. The molecule has 0 saturated heterocycles. The maximum atomic E-state index is 13.5. The SMILES string of the molecule is C=C1C=CC(CN2c3c(n(C)c(=O)n(CC4(O)CC4)c3=O)NC2Oc2cccc(OF)c2)=CC1. The molecule has 1 aromatic carbocycles. The predicted molar refractivity (Wildman–Crippen MR) is 125 cm³/mol. The average molecular weight is 468 g/mol. The van der Waals surface area contributed by atoms with Crippen molar-refractivity contribution in [2.24, 2.45) is 7.05 Å². The molecule has 0 bridgehead atoms. The fourth-order valence-electron chi connectivity index (χ4n) is 4.14. The summed E-state index contributed by atoms with van der Waals surface area (Å²) in [6.45, 7) is 4.20. The Labute approximate surface area is 194 Å². The first-order chi connectivity index (χ1) is 16.3. The molecule has 0 amide bonds. The third kappa shape index (κ3) is 4.01. The number of fused-ring (bicyclic) bond motifs is 1. The molecule has 2 aliphatic carbocycles. The van der Waals surface area contributed by atoms with Crippen LogP contribution in [0.4, 0.5) is 16.0 Å². The highest BCUT2D eigenvalue weighted by molar-refractivity contribution is 5.72. The molecule has 34 heavy (non-hydrogen) atoms. The topological polar surface area (TPSA) is 98.0 Å². The summed E-state index contributed by atoms with van der Waals surface area (Å²) in [7, 11) is 1.56. The molecule has 9 nitrogen and oxygen atoms in total. The molecule has 1 fully saturated rings. The van der Waals surface area contributed by atoms with Crippen LogP contribution in [0.2, 0.25) is 0 Å². The summed E-state index contributed by atoms with van der Waals surface area (Å²) in [5.74, 6) is 0.592. The largest absolute Gasteiger partial charge is 0.452 e. The van der Waals surface area contributed by atoms with Gasteiger partial charge in [-0.05, 0) is 37.0 Å². The highest BCUT2D eigenvalue weighted by Gasteiger charge is 2.43. The number of benzene rings is 1. The van der Waals surface area contributed by atoms with Crippen molar-refractivity contribution in [1.29, 1.82) is 0 Å². The first-order valence-electron chi connectivity index (χ1n) is 11.0. The second-order valence-electron chi connectivity index (χ2n) is 8.92. The van der Waals surface area contributed by atoms with Gasteiger partial charge in [-0.3, -0.25) is 18.9 Å². The minimum atomic E-state index is -1.03. The van der Waals surface area contributed by atoms with E-state index >= 15 is 0 Å². The first kappa shape index (κ1) is 22.0. The predicted octanol–water partition coefficient (Wildman–Crippen LogP) is 2.37. The molecule has 0 spiro atoms. The molecule has 1 atom stereocenters. The van der Waals surface area contributed by atoms with Crippen LogP contribution in [0, 0.1) is 0 Å². The number of allylic oxidation sites excluding steroid dienone is 3. The number of hydrogen-bond acceptors (Lipinski definition) is 7. The zero-order chi connectivity index (χ0) is 24.0. The Kier molecular flexibility index (Phi) is 5.32. The third-order valence-corrected chi connectivity index (χ3v) is 6.29. The number of nitrogens with zero attached hydrogens (tertiary/aromatic N) is 3. The van der Waals surface area contributed by atoms with E-state index in [2.05, 4.69) is 16.8 Å². The van der Waals surface area contributed by atoms with Crippen LogP contribution in [0.5, 0.6) is 11.5 Å². The smallest absolute Gasteiger partial charge is 0.332 e. The number of aromatic nitrogens is 2. The monoisotopic (exact) mass is 468 g/mol. The van der Waals surface area contributed by atoms with Crippen molar-refractivity contribution in [1.82, 2.24) is 9.13 Å². The molecule has 5 rings (SSSR count). The van der Waals surface area contributed by atoms with Gasteiger partial charge in [0.1, 0.15) is 17.3 Å². The number of halogens is 1. The summed E-state index contributed by atoms with van der Waals surface area (Å²) in [6.07, 6.45) is 6.77. The number of rotatable bonds is 7. The standard InChI is InChI=1S/C24H25FN4O5/c1-15-6-8-16(9-7-15)13-28-19-20(26-22(28)33-17-4-3-5-18(12-17)34-25)27(2)23(31)29(21(19)30)14-24(32)10-11-24/h3-6,8-9,12,22,26,32H,1,7,10-11,13-14H2,2H3. The summed E-state index contributed by atoms with van der Waals surface area (Å²) in [5, 5.41) is 13.5. The highest BCUT2D eigenvalue weighted by Crippen LogP contribution is 2.37. The number of hydrogen-bond donors (Lipinski definition) is 2. The Morgan fingerprint density at radius 1 is 1.26 bits per heavy atom. The van der Waals surface area contributed by atoms with E-state index in [1.807, 2.05) is 18.2 Å². The molecule has 2 heterocycles. The van der Waals surface area contributed by atoms with Gasteiger partial charge in [0.2, 0.25) is 0 Å². The van der Waals surface area contributed by atoms with Gasteiger partial charge >= 0.3 is 5.69 Å². The molecule has 1 saturated carbocycles. The van der Waals surface area contributed by atoms with E-state index in [4.69, 9.17) is 4.74 Å². The summed E-state index contributed by atoms with van der Waals surface area (Å²) < 4.78 is 21.2. The molecule has 2 aromatic rings. The molecule has 10 heteroatoms. The lowest BCUT2D eigenvalue weighted by Crippen LogP contribution is -2.45. The molecule has 1 aromatic heterocycles. The summed E-state index contributed by atoms with van der Waals surface area (Å²) >= 11 is 0. The van der Waals surface area contributed by atoms with Crippen LogP contribution in [0.15, 0.2) is 69.8 Å². The quantitative estimate of drug-likeness (QED) is 0.644. The fourth-order valence-corrected chi connectivity index (χ4v) is 4.14. The Morgan fingerprint density at radius 3 is 2.71 bits per heavy atom. The second-order valence-corrected chi connectivity index (χ2v) is 8.92. The maximum absolute atomic E-state index is 13.5. The fraction of sp³-hybridized carbons (Fsp3) is 0.333. The van der Waals surface area contributed by atoms with Crippen LogP contribution in [-0.4, -0.2) is 32.7 Å². The van der Waals surface area contributed by atoms with Crippen LogP contribution in [0.1, 0.15) is 19.3 Å². The van der Waals surface area contributed by atoms with E-state index in [0.717, 1.165) is 15.7 Å². The lowest BCUT2D eigenvalue weighted by atomic mass is 10.0. The molecule has 3 aliphatic rings. The third-order valence-electron chi connectivity index (χ3n) is 6.29. The zero-order valence-corrected chi connectivity index (χ0v) is 18.7. The van der Waals surface area contributed by atoms with Gasteiger partial charge in [-0.25, -0.2) is 4.79 Å². The maximum Gasteiger partial charge on any atom is 0.332 e. The Balaban J connectivity index is 1.56. The van der Waals surface area contributed by atoms with Gasteiger partial charge in [0.15, 0.2) is 5.75 Å². The number of nitrogens with one attached hydrogen (secondary N) is 1. The second kappa shape index (κ2) is 8.21. The van der Waals surface area contributed by atoms with Crippen LogP contribution in [0.3, 0.4) is 0 Å². The Bertz CT molecular complexity index is 1340. The van der Waals surface area contributed by atoms with Gasteiger partial charge in [-0.1, -0.05) is 36.4 Å². The van der Waals surface area contributed by atoms with E-state index in [1.54, 1.807) is 24.1 Å². The minimum absolute atomic E-state index is 0.0246. The zero-order valence-electron chi connectivity index (χ0n) is 18.7. The number of aliphatic hydroxyl groups is 1. The lowest BCUT2D eigenvalue weighted by Gasteiger charge is -2.27. The molecule has 2 N–H and O–H groups in total. The van der Waals surface area contributed by atoms with Crippen LogP contribution in [-0.2, 0) is 13.6 Å². The first-order valence-corrected chi connectivity index (χ1v) is 11.0. The van der Waals surface area contributed by atoms with Crippen molar-refractivity contribution in [2.75, 3.05) is 16.8 Å². The normalized spacial score (nSPS) is 20.0. The molecule has 1 aliphatic heterocycles.